The molecular weight excluding hydrogens is 344 g/mol. The molecule has 0 fully saturated rings. The van der Waals surface area contributed by atoms with Crippen molar-refractivity contribution in [1.82, 2.24) is 14.3 Å². The number of imidazole rings is 1. The lowest BCUT2D eigenvalue weighted by Gasteiger charge is -2.15. The van der Waals surface area contributed by atoms with Crippen LogP contribution in [-0.4, -0.2) is 38.6 Å². The van der Waals surface area contributed by atoms with Crippen LogP contribution in [0.25, 0.3) is 5.52 Å². The fourth-order valence-corrected chi connectivity index (χ4v) is 3.17. The van der Waals surface area contributed by atoms with Crippen LogP contribution in [0.3, 0.4) is 0 Å². The topological polar surface area (TPSA) is 83.8 Å². The number of nitrogens with zero attached hydrogens (tertiary/aromatic N) is 3. The quantitative estimate of drug-likeness (QED) is 0.724. The molecule has 1 N–H and O–H groups in total. The number of amides is 3. The summed E-state index contributed by atoms with van der Waals surface area (Å²) in [7, 11) is 0. The third-order valence-electron chi connectivity index (χ3n) is 4.44. The molecule has 0 unspecified atom stereocenters. The van der Waals surface area contributed by atoms with E-state index in [-0.39, 0.29) is 23.3 Å². The first-order valence-electron chi connectivity index (χ1n) is 8.69. The molecule has 3 aromatic rings. The van der Waals surface area contributed by atoms with E-state index in [0.717, 1.165) is 5.52 Å². The van der Waals surface area contributed by atoms with Gasteiger partial charge in [0.2, 0.25) is 5.95 Å². The van der Waals surface area contributed by atoms with Crippen LogP contribution in [0, 0.1) is 5.92 Å². The first kappa shape index (κ1) is 17.0. The highest BCUT2D eigenvalue weighted by Crippen LogP contribution is 2.25. The van der Waals surface area contributed by atoms with E-state index in [2.05, 4.69) is 10.3 Å². The molecule has 2 aromatic heterocycles. The second kappa shape index (κ2) is 6.35. The molecule has 0 bridgehead atoms. The number of aromatic nitrogens is 2. The van der Waals surface area contributed by atoms with Gasteiger partial charge in [0.25, 0.3) is 17.7 Å². The van der Waals surface area contributed by atoms with Crippen molar-refractivity contribution in [3.63, 3.8) is 0 Å². The number of rotatable bonds is 4. The molecule has 3 heterocycles. The van der Waals surface area contributed by atoms with Crippen LogP contribution in [0.2, 0.25) is 0 Å². The maximum Gasteiger partial charge on any atom is 0.261 e. The van der Waals surface area contributed by atoms with Crippen molar-refractivity contribution in [2.45, 2.75) is 13.8 Å². The summed E-state index contributed by atoms with van der Waals surface area (Å²) >= 11 is 0. The Hall–Kier alpha value is -3.48. The van der Waals surface area contributed by atoms with Crippen LogP contribution in [0.15, 0.2) is 48.8 Å². The van der Waals surface area contributed by atoms with E-state index in [1.54, 1.807) is 22.9 Å². The van der Waals surface area contributed by atoms with E-state index >= 15 is 0 Å². The van der Waals surface area contributed by atoms with E-state index in [9.17, 15) is 14.4 Å². The number of nitrogens with one attached hydrogen (secondary N) is 1. The van der Waals surface area contributed by atoms with Crippen molar-refractivity contribution >= 4 is 29.2 Å². The average Bonchev–Trinajstić information content (AvgIpc) is 3.16. The summed E-state index contributed by atoms with van der Waals surface area (Å²) in [4.78, 5) is 43.1. The van der Waals surface area contributed by atoms with Gasteiger partial charge in [0.15, 0.2) is 0 Å². The number of pyridine rings is 1. The van der Waals surface area contributed by atoms with E-state index in [1.165, 1.54) is 17.0 Å². The molecule has 136 valence electrons. The van der Waals surface area contributed by atoms with Gasteiger partial charge in [-0.05, 0) is 36.2 Å². The number of carbonyl (C=O) groups is 3. The summed E-state index contributed by atoms with van der Waals surface area (Å²) in [6.45, 7) is 4.24. The molecule has 1 aliphatic heterocycles. The summed E-state index contributed by atoms with van der Waals surface area (Å²) in [5, 5.41) is 2.74. The number of anilines is 1. The predicted octanol–water partition coefficient (Wildman–Crippen LogP) is 2.84. The van der Waals surface area contributed by atoms with Gasteiger partial charge in [-0.25, -0.2) is 4.98 Å². The van der Waals surface area contributed by atoms with Gasteiger partial charge >= 0.3 is 0 Å². The van der Waals surface area contributed by atoms with Crippen molar-refractivity contribution < 1.29 is 14.4 Å². The monoisotopic (exact) mass is 362 g/mol. The third kappa shape index (κ3) is 2.87. The minimum atomic E-state index is -0.392. The average molecular weight is 362 g/mol. The summed E-state index contributed by atoms with van der Waals surface area (Å²) in [5.41, 5.74) is 1.76. The Morgan fingerprint density at radius 1 is 1.11 bits per heavy atom. The standard InChI is InChI=1S/C20H18N4O3/c1-12(2)11-24-18(26)15-7-6-13(9-16(15)19(24)27)17(25)22-20-21-10-14-5-3-4-8-23(14)20/h3-10,12H,11H2,1-2H3,(H,21,22,25). The Morgan fingerprint density at radius 3 is 2.67 bits per heavy atom. The number of benzene rings is 1. The second-order valence-corrected chi connectivity index (χ2v) is 6.91. The largest absolute Gasteiger partial charge is 0.292 e. The smallest absolute Gasteiger partial charge is 0.261 e. The Morgan fingerprint density at radius 2 is 1.89 bits per heavy atom. The molecule has 0 atom stereocenters. The van der Waals surface area contributed by atoms with Crippen molar-refractivity contribution in [1.29, 1.82) is 0 Å². The van der Waals surface area contributed by atoms with Gasteiger partial charge in [-0.15, -0.1) is 0 Å². The minimum Gasteiger partial charge on any atom is -0.292 e. The fraction of sp³-hybridized carbons (Fsp3) is 0.200. The summed E-state index contributed by atoms with van der Waals surface area (Å²) in [5.74, 6) is -0.500. The highest BCUT2D eigenvalue weighted by atomic mass is 16.2. The van der Waals surface area contributed by atoms with Crippen molar-refractivity contribution in [2.24, 2.45) is 5.92 Å². The van der Waals surface area contributed by atoms with Gasteiger partial charge in [0.1, 0.15) is 0 Å². The predicted molar refractivity (Wildman–Crippen MR) is 99.8 cm³/mol. The maximum atomic E-state index is 12.6. The van der Waals surface area contributed by atoms with Crippen molar-refractivity contribution in [3.05, 3.63) is 65.5 Å². The van der Waals surface area contributed by atoms with Gasteiger partial charge in [-0.1, -0.05) is 19.9 Å². The molecule has 4 rings (SSSR count). The molecule has 1 aromatic carbocycles. The molecule has 1 aliphatic rings. The summed E-state index contributed by atoms with van der Waals surface area (Å²) in [6, 6.07) is 10.2. The molecular formula is C20H18N4O3. The number of carbonyl (C=O) groups excluding carboxylic acids is 3. The van der Waals surface area contributed by atoms with E-state index < -0.39 is 5.91 Å². The Bertz CT molecular complexity index is 1080. The molecule has 0 aliphatic carbocycles. The van der Waals surface area contributed by atoms with E-state index in [4.69, 9.17) is 0 Å². The number of hydrogen-bond acceptors (Lipinski definition) is 4. The molecule has 7 heteroatoms. The second-order valence-electron chi connectivity index (χ2n) is 6.91. The molecule has 3 amide bonds. The highest BCUT2D eigenvalue weighted by Gasteiger charge is 2.36. The zero-order chi connectivity index (χ0) is 19.1. The molecule has 0 saturated heterocycles. The lowest BCUT2D eigenvalue weighted by Crippen LogP contribution is -2.33. The van der Waals surface area contributed by atoms with E-state index in [1.807, 2.05) is 32.0 Å². The van der Waals surface area contributed by atoms with Crippen molar-refractivity contribution in [2.75, 3.05) is 11.9 Å². The number of hydrogen-bond donors (Lipinski definition) is 1. The van der Waals surface area contributed by atoms with Gasteiger partial charge in [0, 0.05) is 18.3 Å². The zero-order valence-corrected chi connectivity index (χ0v) is 15.0. The number of imide groups is 1. The van der Waals surface area contributed by atoms with Gasteiger partial charge in [-0.3, -0.25) is 29.0 Å². The maximum absolute atomic E-state index is 12.6. The summed E-state index contributed by atoms with van der Waals surface area (Å²) < 4.78 is 1.75. The Balaban J connectivity index is 1.61. The van der Waals surface area contributed by atoms with E-state index in [0.29, 0.717) is 23.6 Å². The lowest BCUT2D eigenvalue weighted by molar-refractivity contribution is 0.0636. The van der Waals surface area contributed by atoms with Crippen LogP contribution in [0.1, 0.15) is 44.9 Å². The Kier molecular flexibility index (Phi) is 3.99. The minimum absolute atomic E-state index is 0.170. The SMILES string of the molecule is CC(C)CN1C(=O)c2ccc(C(=O)Nc3ncc4ccccn34)cc2C1=O. The summed E-state index contributed by atoms with van der Waals surface area (Å²) in [6.07, 6.45) is 3.46. The zero-order valence-electron chi connectivity index (χ0n) is 15.0. The van der Waals surface area contributed by atoms with Crippen LogP contribution in [0.4, 0.5) is 5.95 Å². The molecule has 27 heavy (non-hydrogen) atoms. The van der Waals surface area contributed by atoms with Crippen LogP contribution in [-0.2, 0) is 0 Å². The first-order chi connectivity index (χ1) is 13.0. The van der Waals surface area contributed by atoms with Gasteiger partial charge < -0.3 is 0 Å². The number of fused-ring (bicyclic) bond motifs is 2. The van der Waals surface area contributed by atoms with Gasteiger partial charge in [0.05, 0.1) is 22.8 Å². The molecule has 0 saturated carbocycles. The van der Waals surface area contributed by atoms with Crippen LogP contribution < -0.4 is 5.32 Å². The van der Waals surface area contributed by atoms with Crippen LogP contribution >= 0.6 is 0 Å². The van der Waals surface area contributed by atoms with Gasteiger partial charge in [-0.2, -0.15) is 0 Å². The first-order valence-corrected chi connectivity index (χ1v) is 8.69. The third-order valence-corrected chi connectivity index (χ3v) is 4.44. The Labute approximate surface area is 155 Å². The van der Waals surface area contributed by atoms with Crippen LogP contribution in [0.5, 0.6) is 0 Å². The molecule has 0 radical (unpaired) electrons. The molecule has 7 nitrogen and oxygen atoms in total. The lowest BCUT2D eigenvalue weighted by atomic mass is 10.1. The molecule has 0 spiro atoms. The normalized spacial score (nSPS) is 13.5. The fourth-order valence-electron chi connectivity index (χ4n) is 3.17. The van der Waals surface area contributed by atoms with Crippen molar-refractivity contribution in [3.8, 4) is 0 Å². The highest BCUT2D eigenvalue weighted by molar-refractivity contribution is 6.22.